The number of benzene rings is 3. The number of likely N-dealkylation sites (N-methyl/N-ethyl adjacent to an activating group) is 1. The maximum atomic E-state index is 13.2. The first-order valence-electron chi connectivity index (χ1n) is 10.1. The van der Waals surface area contributed by atoms with Gasteiger partial charge in [-0.05, 0) is 48.6 Å². The maximum absolute atomic E-state index is 13.2. The first kappa shape index (κ1) is 23.7. The van der Waals surface area contributed by atoms with Crippen LogP contribution in [0.5, 0.6) is 0 Å². The fraction of sp³-hybridized carbons (Fsp3) is 0.125. The molecule has 0 spiro atoms. The van der Waals surface area contributed by atoms with Gasteiger partial charge in [-0.1, -0.05) is 48.0 Å². The first-order chi connectivity index (χ1) is 16.1. The van der Waals surface area contributed by atoms with Crippen molar-refractivity contribution in [3.63, 3.8) is 0 Å². The van der Waals surface area contributed by atoms with E-state index in [-0.39, 0.29) is 10.8 Å². The standard InChI is InChI=1S/C24H18ClF3N4OS/c1-32-19-11-10-16(25)13-18(19)20(14-6-3-2-4-7-14)30-21(22(32)33)31-23(34)29-17-9-5-8-15(12-17)24(26,27)28/h2-13,21H,1H3,(H2,29,31,34). The Balaban J connectivity index is 1.67. The summed E-state index contributed by atoms with van der Waals surface area (Å²) in [6, 6.07) is 19.0. The third-order valence-corrected chi connectivity index (χ3v) is 5.62. The van der Waals surface area contributed by atoms with Gasteiger partial charge in [0.05, 0.1) is 17.0 Å². The van der Waals surface area contributed by atoms with Crippen LogP contribution in [-0.2, 0) is 11.0 Å². The van der Waals surface area contributed by atoms with Crippen LogP contribution in [0, 0.1) is 0 Å². The normalized spacial score (nSPS) is 15.8. The van der Waals surface area contributed by atoms with E-state index in [0.717, 1.165) is 17.7 Å². The molecule has 0 aromatic heterocycles. The third-order valence-electron chi connectivity index (χ3n) is 5.16. The minimum atomic E-state index is -4.49. The molecule has 0 saturated heterocycles. The Morgan fingerprint density at radius 2 is 1.79 bits per heavy atom. The molecule has 4 rings (SSSR count). The smallest absolute Gasteiger partial charge is 0.333 e. The molecule has 3 aromatic rings. The van der Waals surface area contributed by atoms with Crippen molar-refractivity contribution in [2.75, 3.05) is 17.3 Å². The topological polar surface area (TPSA) is 56.7 Å². The van der Waals surface area contributed by atoms with Crippen molar-refractivity contribution < 1.29 is 18.0 Å². The van der Waals surface area contributed by atoms with Crippen molar-refractivity contribution in [2.45, 2.75) is 12.3 Å². The second-order valence-electron chi connectivity index (χ2n) is 7.48. The summed E-state index contributed by atoms with van der Waals surface area (Å²) in [5, 5.41) is 5.96. The highest BCUT2D eigenvalue weighted by atomic mass is 35.5. The number of nitrogens with one attached hydrogen (secondary N) is 2. The second kappa shape index (κ2) is 9.44. The number of amides is 1. The molecule has 0 bridgehead atoms. The van der Waals surface area contributed by atoms with Crippen molar-refractivity contribution in [1.82, 2.24) is 5.32 Å². The lowest BCUT2D eigenvalue weighted by Gasteiger charge is -2.22. The zero-order valence-corrected chi connectivity index (χ0v) is 19.3. The molecule has 0 fully saturated rings. The number of thiocarbonyl (C=S) groups is 1. The van der Waals surface area contributed by atoms with Crippen LogP contribution in [0.3, 0.4) is 0 Å². The van der Waals surface area contributed by atoms with Gasteiger partial charge >= 0.3 is 6.18 Å². The molecule has 10 heteroatoms. The number of rotatable bonds is 3. The molecule has 5 nitrogen and oxygen atoms in total. The van der Waals surface area contributed by atoms with Gasteiger partial charge in [-0.2, -0.15) is 13.2 Å². The Labute approximate surface area is 204 Å². The lowest BCUT2D eigenvalue weighted by atomic mass is 10.0. The SMILES string of the molecule is CN1C(=O)C(NC(=S)Nc2cccc(C(F)(F)F)c2)N=C(c2ccccc2)c2cc(Cl)ccc21. The Bertz CT molecular complexity index is 1280. The average molecular weight is 503 g/mol. The second-order valence-corrected chi connectivity index (χ2v) is 8.33. The molecule has 1 aliphatic rings. The lowest BCUT2D eigenvalue weighted by molar-refractivity contribution is -0.137. The molecule has 1 atom stereocenters. The molecule has 0 saturated carbocycles. The summed E-state index contributed by atoms with van der Waals surface area (Å²) in [6.45, 7) is 0. The summed E-state index contributed by atoms with van der Waals surface area (Å²) in [5.41, 5.74) is 1.87. The van der Waals surface area contributed by atoms with Crippen molar-refractivity contribution in [3.05, 3.63) is 94.5 Å². The van der Waals surface area contributed by atoms with E-state index >= 15 is 0 Å². The van der Waals surface area contributed by atoms with E-state index in [9.17, 15) is 18.0 Å². The summed E-state index contributed by atoms with van der Waals surface area (Å²) in [5.74, 6) is -0.400. The van der Waals surface area contributed by atoms with Gasteiger partial charge in [-0.25, -0.2) is 4.99 Å². The Kier molecular flexibility index (Phi) is 6.58. The highest BCUT2D eigenvalue weighted by Crippen LogP contribution is 2.31. The number of aliphatic imine (C=N–C) groups is 1. The van der Waals surface area contributed by atoms with E-state index in [4.69, 9.17) is 23.8 Å². The van der Waals surface area contributed by atoms with E-state index in [1.807, 2.05) is 30.3 Å². The van der Waals surface area contributed by atoms with Gasteiger partial charge in [-0.15, -0.1) is 0 Å². The molecule has 1 heterocycles. The number of nitrogens with zero attached hydrogens (tertiary/aromatic N) is 2. The first-order valence-corrected chi connectivity index (χ1v) is 10.9. The zero-order chi connectivity index (χ0) is 24.5. The molecule has 2 N–H and O–H groups in total. The van der Waals surface area contributed by atoms with Crippen LogP contribution < -0.4 is 15.5 Å². The van der Waals surface area contributed by atoms with Crippen LogP contribution in [0.2, 0.25) is 5.02 Å². The number of fused-ring (bicyclic) bond motifs is 1. The Hall–Kier alpha value is -3.43. The molecule has 174 valence electrons. The van der Waals surface area contributed by atoms with E-state index < -0.39 is 23.8 Å². The fourth-order valence-electron chi connectivity index (χ4n) is 3.53. The third kappa shape index (κ3) is 5.05. The molecule has 3 aromatic carbocycles. The lowest BCUT2D eigenvalue weighted by Crippen LogP contribution is -2.47. The van der Waals surface area contributed by atoms with Gasteiger partial charge in [0.2, 0.25) is 6.17 Å². The van der Waals surface area contributed by atoms with Crippen molar-refractivity contribution in [3.8, 4) is 0 Å². The summed E-state index contributed by atoms with van der Waals surface area (Å²) in [7, 11) is 1.61. The zero-order valence-electron chi connectivity index (χ0n) is 17.7. The quantitative estimate of drug-likeness (QED) is 0.465. The highest BCUT2D eigenvalue weighted by molar-refractivity contribution is 7.80. The monoisotopic (exact) mass is 502 g/mol. The number of carbonyl (C=O) groups excluding carboxylic acids is 1. The average Bonchev–Trinajstić information content (AvgIpc) is 2.89. The molecular weight excluding hydrogens is 485 g/mol. The fourth-order valence-corrected chi connectivity index (χ4v) is 3.93. The van der Waals surface area contributed by atoms with Crippen LogP contribution in [0.15, 0.2) is 77.8 Å². The number of anilines is 2. The van der Waals surface area contributed by atoms with Crippen LogP contribution in [0.4, 0.5) is 24.5 Å². The van der Waals surface area contributed by atoms with Crippen molar-refractivity contribution in [2.24, 2.45) is 4.99 Å². The van der Waals surface area contributed by atoms with Gasteiger partial charge < -0.3 is 15.5 Å². The maximum Gasteiger partial charge on any atom is 0.416 e. The summed E-state index contributed by atoms with van der Waals surface area (Å²) < 4.78 is 39.1. The number of alkyl halides is 3. The molecule has 1 aliphatic heterocycles. The Morgan fingerprint density at radius 1 is 1.06 bits per heavy atom. The van der Waals surface area contributed by atoms with Gasteiger partial charge in [-0.3, -0.25) is 4.79 Å². The van der Waals surface area contributed by atoms with Gasteiger partial charge in [0.1, 0.15) is 0 Å². The van der Waals surface area contributed by atoms with E-state index in [2.05, 4.69) is 15.6 Å². The minimum absolute atomic E-state index is 0.0498. The van der Waals surface area contributed by atoms with E-state index in [1.165, 1.54) is 17.0 Å². The van der Waals surface area contributed by atoms with E-state index in [1.54, 1.807) is 25.2 Å². The van der Waals surface area contributed by atoms with Crippen LogP contribution in [-0.4, -0.2) is 29.9 Å². The number of hydrogen-bond donors (Lipinski definition) is 2. The molecule has 34 heavy (non-hydrogen) atoms. The molecule has 0 radical (unpaired) electrons. The number of halogens is 4. The molecular formula is C24H18ClF3N4OS. The molecule has 1 amide bonds. The van der Waals surface area contributed by atoms with E-state index in [0.29, 0.717) is 22.0 Å². The largest absolute Gasteiger partial charge is 0.416 e. The Morgan fingerprint density at radius 3 is 2.50 bits per heavy atom. The number of hydrogen-bond acceptors (Lipinski definition) is 3. The van der Waals surface area contributed by atoms with Crippen molar-refractivity contribution in [1.29, 1.82) is 0 Å². The van der Waals surface area contributed by atoms with Gasteiger partial charge in [0.15, 0.2) is 5.11 Å². The van der Waals surface area contributed by atoms with Gasteiger partial charge in [0.25, 0.3) is 5.91 Å². The molecule has 0 aliphatic carbocycles. The molecule has 1 unspecified atom stereocenters. The van der Waals surface area contributed by atoms with Crippen LogP contribution >= 0.6 is 23.8 Å². The predicted molar refractivity (Wildman–Crippen MR) is 132 cm³/mol. The van der Waals surface area contributed by atoms with Crippen LogP contribution in [0.1, 0.15) is 16.7 Å². The summed E-state index contributed by atoms with van der Waals surface area (Å²) in [6.07, 6.45) is -5.62. The van der Waals surface area contributed by atoms with Crippen molar-refractivity contribution >= 4 is 51.9 Å². The van der Waals surface area contributed by atoms with Gasteiger partial charge in [0, 0.05) is 28.9 Å². The highest BCUT2D eigenvalue weighted by Gasteiger charge is 2.32. The van der Waals surface area contributed by atoms with Crippen LogP contribution in [0.25, 0.3) is 0 Å². The minimum Gasteiger partial charge on any atom is -0.333 e. The summed E-state index contributed by atoms with van der Waals surface area (Å²) in [4.78, 5) is 19.3. The number of carbonyl (C=O) groups is 1. The number of benzodiazepines with no additional fused rings is 1. The summed E-state index contributed by atoms with van der Waals surface area (Å²) >= 11 is 11.5. The predicted octanol–water partition coefficient (Wildman–Crippen LogP) is 5.49.